The quantitative estimate of drug-likeness (QED) is 0.260. The molecule has 0 aliphatic rings. The van der Waals surface area contributed by atoms with Gasteiger partial charge < -0.3 is 9.47 Å². The highest BCUT2D eigenvalue weighted by molar-refractivity contribution is 5.72. The van der Waals surface area contributed by atoms with E-state index in [1.165, 1.54) is 42.5 Å². The molecule has 2 aromatic carbocycles. The Morgan fingerprint density at radius 3 is 1.82 bits per heavy atom. The third-order valence-corrected chi connectivity index (χ3v) is 4.41. The molecule has 0 bridgehead atoms. The molecule has 2 aromatic heterocycles. The molecule has 0 saturated heterocycles. The summed E-state index contributed by atoms with van der Waals surface area (Å²) in [7, 11) is 0. The number of hydrogen-bond acceptors (Lipinski definition) is 8. The van der Waals surface area contributed by atoms with Crippen molar-refractivity contribution < 1.29 is 23.7 Å². The lowest BCUT2D eigenvalue weighted by molar-refractivity contribution is -0.385. The Bertz CT molecular complexity index is 1310. The normalized spacial score (nSPS) is 10.5. The Morgan fingerprint density at radius 2 is 1.30 bits per heavy atom. The van der Waals surface area contributed by atoms with E-state index in [9.17, 15) is 24.6 Å². The summed E-state index contributed by atoms with van der Waals surface area (Å²) in [5, 5.41) is 21.6. The van der Waals surface area contributed by atoms with Gasteiger partial charge >= 0.3 is 0 Å². The van der Waals surface area contributed by atoms with Crippen LogP contribution in [0.15, 0.2) is 79.1 Å². The van der Waals surface area contributed by atoms with Crippen LogP contribution in [0.5, 0.6) is 23.3 Å². The van der Waals surface area contributed by atoms with Gasteiger partial charge in [-0.1, -0.05) is 12.1 Å². The largest absolute Gasteiger partial charge is 0.439 e. The first kappa shape index (κ1) is 21.3. The third kappa shape index (κ3) is 5.05. The maximum atomic E-state index is 13.4. The predicted molar refractivity (Wildman–Crippen MR) is 114 cm³/mol. The molecule has 10 nitrogen and oxygen atoms in total. The summed E-state index contributed by atoms with van der Waals surface area (Å²) in [5.74, 6) is 0.396. The van der Waals surface area contributed by atoms with E-state index in [1.807, 2.05) is 0 Å². The van der Waals surface area contributed by atoms with E-state index in [0.717, 1.165) is 12.4 Å². The van der Waals surface area contributed by atoms with E-state index >= 15 is 0 Å². The Hall–Kier alpha value is -4.93. The summed E-state index contributed by atoms with van der Waals surface area (Å²) in [6.45, 7) is 0. The molecule has 0 amide bonds. The first-order valence-corrected chi connectivity index (χ1v) is 9.35. The maximum Gasteiger partial charge on any atom is 0.287 e. The second-order valence-electron chi connectivity index (χ2n) is 6.59. The zero-order valence-electron chi connectivity index (χ0n) is 16.6. The fourth-order valence-corrected chi connectivity index (χ4v) is 2.83. The van der Waals surface area contributed by atoms with E-state index in [0.29, 0.717) is 16.9 Å². The molecule has 0 unspecified atom stereocenters. The van der Waals surface area contributed by atoms with E-state index in [2.05, 4.69) is 9.97 Å². The van der Waals surface area contributed by atoms with E-state index in [-0.39, 0.29) is 28.9 Å². The molecule has 164 valence electrons. The van der Waals surface area contributed by atoms with Crippen molar-refractivity contribution in [2.75, 3.05) is 0 Å². The van der Waals surface area contributed by atoms with Gasteiger partial charge in [0.25, 0.3) is 11.4 Å². The molecule has 4 rings (SSSR count). The summed E-state index contributed by atoms with van der Waals surface area (Å²) in [5.41, 5.74) is 0.859. The standard InChI is InChI=1S/C22H13FN4O6/c23-15-3-1-14(2-4-15)19-8-7-18(32-21-9-5-16(12-24-21)26(28)29)11-20(19)33-22-10-6-17(13-25-22)27(30)31/h1-13H. The van der Waals surface area contributed by atoms with Crippen molar-refractivity contribution in [2.45, 2.75) is 0 Å². The number of pyridine rings is 2. The lowest BCUT2D eigenvalue weighted by Crippen LogP contribution is -1.95. The molecular weight excluding hydrogens is 435 g/mol. The van der Waals surface area contributed by atoms with Crippen LogP contribution in [0.25, 0.3) is 11.1 Å². The monoisotopic (exact) mass is 448 g/mol. The summed E-state index contributed by atoms with van der Waals surface area (Å²) < 4.78 is 24.9. The van der Waals surface area contributed by atoms with Crippen LogP contribution < -0.4 is 9.47 Å². The average Bonchev–Trinajstić information content (AvgIpc) is 2.81. The Kier molecular flexibility index (Phi) is 5.85. The van der Waals surface area contributed by atoms with Crippen LogP contribution in [0.2, 0.25) is 0 Å². The summed E-state index contributed by atoms with van der Waals surface area (Å²) >= 11 is 0. The second kappa shape index (κ2) is 9.06. The molecule has 0 aliphatic heterocycles. The summed E-state index contributed by atoms with van der Waals surface area (Å²) in [6, 6.07) is 15.8. The smallest absolute Gasteiger partial charge is 0.287 e. The van der Waals surface area contributed by atoms with Crippen molar-refractivity contribution in [1.29, 1.82) is 0 Å². The summed E-state index contributed by atoms with van der Waals surface area (Å²) in [4.78, 5) is 28.3. The molecule has 0 aliphatic carbocycles. The molecular formula is C22H13FN4O6. The SMILES string of the molecule is O=[N+]([O-])c1ccc(Oc2ccc(-c3ccc(F)cc3)c(Oc3ccc([N+](=O)[O-])cn3)c2)nc1. The Morgan fingerprint density at radius 1 is 0.727 bits per heavy atom. The van der Waals surface area contributed by atoms with E-state index in [4.69, 9.17) is 9.47 Å². The molecule has 11 heteroatoms. The van der Waals surface area contributed by atoms with Gasteiger partial charge in [0.15, 0.2) is 0 Å². The Labute approximate surface area is 185 Å². The van der Waals surface area contributed by atoms with E-state index in [1.54, 1.807) is 24.3 Å². The highest BCUT2D eigenvalue weighted by atomic mass is 19.1. The van der Waals surface area contributed by atoms with Gasteiger partial charge in [-0.2, -0.15) is 0 Å². The highest BCUT2D eigenvalue weighted by Crippen LogP contribution is 2.37. The van der Waals surface area contributed by atoms with Crippen LogP contribution >= 0.6 is 0 Å². The fourth-order valence-electron chi connectivity index (χ4n) is 2.83. The minimum atomic E-state index is -0.577. The molecule has 0 N–H and O–H groups in total. The Balaban J connectivity index is 1.67. The van der Waals surface area contributed by atoms with Gasteiger partial charge in [-0.3, -0.25) is 20.2 Å². The molecule has 0 saturated carbocycles. The fraction of sp³-hybridized carbons (Fsp3) is 0. The van der Waals surface area contributed by atoms with Gasteiger partial charge in [0, 0.05) is 35.9 Å². The zero-order valence-corrected chi connectivity index (χ0v) is 16.6. The topological polar surface area (TPSA) is 131 Å². The molecule has 0 spiro atoms. The number of ether oxygens (including phenoxy) is 2. The number of benzene rings is 2. The number of nitro groups is 2. The maximum absolute atomic E-state index is 13.4. The van der Waals surface area contributed by atoms with Crippen LogP contribution in [0.3, 0.4) is 0 Å². The van der Waals surface area contributed by atoms with E-state index < -0.39 is 15.7 Å². The number of halogens is 1. The van der Waals surface area contributed by atoms with Gasteiger partial charge in [0.2, 0.25) is 11.8 Å². The van der Waals surface area contributed by atoms with Crippen molar-refractivity contribution in [3.63, 3.8) is 0 Å². The molecule has 2 heterocycles. The zero-order chi connectivity index (χ0) is 23.4. The molecule has 33 heavy (non-hydrogen) atoms. The predicted octanol–water partition coefficient (Wildman–Crippen LogP) is 5.68. The first-order valence-electron chi connectivity index (χ1n) is 9.35. The van der Waals surface area contributed by atoms with Gasteiger partial charge in [0.05, 0.1) is 9.85 Å². The van der Waals surface area contributed by atoms with Crippen molar-refractivity contribution in [3.8, 4) is 34.4 Å². The second-order valence-corrected chi connectivity index (χ2v) is 6.59. The van der Waals surface area contributed by atoms with Gasteiger partial charge in [-0.15, -0.1) is 0 Å². The molecule has 0 atom stereocenters. The first-order chi connectivity index (χ1) is 15.9. The third-order valence-electron chi connectivity index (χ3n) is 4.41. The number of rotatable bonds is 7. The van der Waals surface area contributed by atoms with Crippen LogP contribution in [-0.4, -0.2) is 19.8 Å². The number of hydrogen-bond donors (Lipinski definition) is 0. The van der Waals surface area contributed by atoms with Crippen molar-refractivity contribution in [3.05, 3.63) is 105 Å². The summed E-state index contributed by atoms with van der Waals surface area (Å²) in [6.07, 6.45) is 2.13. The molecule has 4 aromatic rings. The van der Waals surface area contributed by atoms with Crippen molar-refractivity contribution >= 4 is 11.4 Å². The minimum absolute atomic E-state index is 0.0922. The van der Waals surface area contributed by atoms with Crippen molar-refractivity contribution in [2.24, 2.45) is 0 Å². The van der Waals surface area contributed by atoms with Crippen molar-refractivity contribution in [1.82, 2.24) is 9.97 Å². The number of aromatic nitrogens is 2. The molecule has 0 radical (unpaired) electrons. The van der Waals surface area contributed by atoms with Gasteiger partial charge in [-0.25, -0.2) is 14.4 Å². The van der Waals surface area contributed by atoms with Gasteiger partial charge in [-0.05, 0) is 29.8 Å². The van der Waals surface area contributed by atoms with Crippen LogP contribution in [0.1, 0.15) is 0 Å². The van der Waals surface area contributed by atoms with Crippen LogP contribution in [-0.2, 0) is 0 Å². The van der Waals surface area contributed by atoms with Gasteiger partial charge in [0.1, 0.15) is 29.7 Å². The van der Waals surface area contributed by atoms with Crippen LogP contribution in [0.4, 0.5) is 15.8 Å². The average molecular weight is 448 g/mol. The highest BCUT2D eigenvalue weighted by Gasteiger charge is 2.14. The molecule has 0 fully saturated rings. The lowest BCUT2D eigenvalue weighted by Gasteiger charge is -2.13. The minimum Gasteiger partial charge on any atom is -0.439 e. The van der Waals surface area contributed by atoms with Crippen LogP contribution in [0, 0.1) is 26.0 Å². The number of nitrogens with zero attached hydrogens (tertiary/aromatic N) is 4. The lowest BCUT2D eigenvalue weighted by atomic mass is 10.0.